The molecule has 0 spiro atoms. The van der Waals surface area contributed by atoms with Crippen molar-refractivity contribution in [3.8, 4) is 0 Å². The number of hydrogen-bond donors (Lipinski definition) is 0. The normalized spacial score (nSPS) is 11.4. The first-order valence-corrected chi connectivity index (χ1v) is 12.8. The lowest BCUT2D eigenvalue weighted by molar-refractivity contribution is 0.0603. The molecule has 0 radical (unpaired) electrons. The standard InChI is InChI=1S/C27H26N2O5S/c1-18-9-10-19(2)25(15-18)29(35(4,32)33)16-20-11-13-21(14-12-20)26(30)28-17-23(27(31)34-3)22-7-5-6-8-24(22)28/h5-15,17H,16H2,1-4H3. The number of fused-ring (bicyclic) bond motifs is 1. The van der Waals surface area contributed by atoms with Gasteiger partial charge in [0, 0.05) is 17.1 Å². The maximum absolute atomic E-state index is 13.3. The summed E-state index contributed by atoms with van der Waals surface area (Å²) >= 11 is 0. The molecular weight excluding hydrogens is 464 g/mol. The highest BCUT2D eigenvalue weighted by molar-refractivity contribution is 7.92. The fourth-order valence-electron chi connectivity index (χ4n) is 4.05. The predicted octanol–water partition coefficient (Wildman–Crippen LogP) is 4.70. The van der Waals surface area contributed by atoms with Gasteiger partial charge in [-0.25, -0.2) is 13.2 Å². The molecule has 3 aromatic carbocycles. The quantitative estimate of drug-likeness (QED) is 0.366. The minimum Gasteiger partial charge on any atom is -0.465 e. The third-order valence-corrected chi connectivity index (χ3v) is 7.02. The topological polar surface area (TPSA) is 85.7 Å². The van der Waals surface area contributed by atoms with Crippen molar-refractivity contribution in [1.82, 2.24) is 4.57 Å². The molecule has 1 heterocycles. The summed E-state index contributed by atoms with van der Waals surface area (Å²) in [5.74, 6) is -0.826. The molecule has 8 heteroatoms. The zero-order chi connectivity index (χ0) is 25.3. The Morgan fingerprint density at radius 2 is 1.66 bits per heavy atom. The van der Waals surface area contributed by atoms with Crippen LogP contribution in [-0.4, -0.2) is 38.2 Å². The van der Waals surface area contributed by atoms with Crippen LogP contribution in [0.25, 0.3) is 10.9 Å². The van der Waals surface area contributed by atoms with Crippen LogP contribution in [-0.2, 0) is 21.3 Å². The van der Waals surface area contributed by atoms with E-state index in [0.29, 0.717) is 27.7 Å². The molecule has 0 aliphatic rings. The number of hydrogen-bond acceptors (Lipinski definition) is 5. The van der Waals surface area contributed by atoms with Gasteiger partial charge in [-0.1, -0.05) is 42.5 Å². The molecule has 0 saturated carbocycles. The van der Waals surface area contributed by atoms with E-state index >= 15 is 0 Å². The van der Waals surface area contributed by atoms with Gasteiger partial charge in [-0.3, -0.25) is 13.7 Å². The first-order valence-electron chi connectivity index (χ1n) is 11.0. The molecular formula is C27H26N2O5S. The number of rotatable bonds is 6. The first-order chi connectivity index (χ1) is 16.6. The highest BCUT2D eigenvalue weighted by Gasteiger charge is 2.22. The Balaban J connectivity index is 1.66. The van der Waals surface area contributed by atoms with E-state index in [1.54, 1.807) is 48.5 Å². The largest absolute Gasteiger partial charge is 0.465 e. The van der Waals surface area contributed by atoms with Crippen LogP contribution in [0.2, 0.25) is 0 Å². The fraction of sp³-hybridized carbons (Fsp3) is 0.185. The number of esters is 1. The van der Waals surface area contributed by atoms with Gasteiger partial charge in [0.25, 0.3) is 5.91 Å². The molecule has 4 aromatic rings. The number of aryl methyl sites for hydroxylation is 2. The molecule has 0 unspecified atom stereocenters. The summed E-state index contributed by atoms with van der Waals surface area (Å²) in [4.78, 5) is 25.5. The number of ether oxygens (including phenoxy) is 1. The van der Waals surface area contributed by atoms with E-state index in [4.69, 9.17) is 4.74 Å². The van der Waals surface area contributed by atoms with Crippen LogP contribution in [0.1, 0.15) is 37.4 Å². The average molecular weight is 491 g/mol. The fourth-order valence-corrected chi connectivity index (χ4v) is 4.98. The molecule has 4 rings (SSSR count). The van der Waals surface area contributed by atoms with Gasteiger partial charge in [0.1, 0.15) is 0 Å². The molecule has 0 atom stereocenters. The second-order valence-corrected chi connectivity index (χ2v) is 10.4. The molecule has 35 heavy (non-hydrogen) atoms. The first kappa shape index (κ1) is 24.2. The third-order valence-electron chi connectivity index (χ3n) is 5.90. The zero-order valence-electron chi connectivity index (χ0n) is 20.0. The van der Waals surface area contributed by atoms with Crippen LogP contribution in [0.3, 0.4) is 0 Å². The highest BCUT2D eigenvalue weighted by Crippen LogP contribution is 2.27. The number of carbonyl (C=O) groups excluding carboxylic acids is 2. The lowest BCUT2D eigenvalue weighted by Gasteiger charge is -2.25. The van der Waals surface area contributed by atoms with Crippen molar-refractivity contribution in [2.75, 3.05) is 17.7 Å². The van der Waals surface area contributed by atoms with Crippen LogP contribution < -0.4 is 4.31 Å². The second-order valence-electron chi connectivity index (χ2n) is 8.48. The summed E-state index contributed by atoms with van der Waals surface area (Å²) in [7, 11) is -2.24. The maximum atomic E-state index is 13.3. The van der Waals surface area contributed by atoms with Crippen molar-refractivity contribution in [2.24, 2.45) is 0 Å². The van der Waals surface area contributed by atoms with Crippen LogP contribution in [0, 0.1) is 13.8 Å². The summed E-state index contributed by atoms with van der Waals surface area (Å²) in [5.41, 5.74) is 4.50. The third kappa shape index (κ3) is 4.83. The van der Waals surface area contributed by atoms with Crippen LogP contribution >= 0.6 is 0 Å². The summed E-state index contributed by atoms with van der Waals surface area (Å²) in [6.07, 6.45) is 2.67. The van der Waals surface area contributed by atoms with E-state index in [0.717, 1.165) is 16.7 Å². The summed E-state index contributed by atoms with van der Waals surface area (Å²) in [5, 5.41) is 0.627. The number of para-hydroxylation sites is 1. The van der Waals surface area contributed by atoms with E-state index < -0.39 is 16.0 Å². The Kier molecular flexibility index (Phi) is 6.49. The number of carbonyl (C=O) groups is 2. The van der Waals surface area contributed by atoms with Gasteiger partial charge < -0.3 is 4.74 Å². The number of benzene rings is 3. The van der Waals surface area contributed by atoms with Gasteiger partial charge >= 0.3 is 5.97 Å². The van der Waals surface area contributed by atoms with Crippen molar-refractivity contribution in [3.05, 3.63) is 101 Å². The van der Waals surface area contributed by atoms with Gasteiger partial charge in [-0.15, -0.1) is 0 Å². The van der Waals surface area contributed by atoms with Crippen LogP contribution in [0.5, 0.6) is 0 Å². The molecule has 0 N–H and O–H groups in total. The van der Waals surface area contributed by atoms with E-state index in [1.807, 2.05) is 32.0 Å². The predicted molar refractivity (Wildman–Crippen MR) is 136 cm³/mol. The van der Waals surface area contributed by atoms with Gasteiger partial charge in [0.15, 0.2) is 0 Å². The molecule has 7 nitrogen and oxygen atoms in total. The molecule has 1 aromatic heterocycles. The van der Waals surface area contributed by atoms with E-state index in [1.165, 1.54) is 28.4 Å². The number of aromatic nitrogens is 1. The number of methoxy groups -OCH3 is 1. The Morgan fingerprint density at radius 1 is 0.971 bits per heavy atom. The summed E-state index contributed by atoms with van der Waals surface area (Å²) < 4.78 is 32.8. The zero-order valence-corrected chi connectivity index (χ0v) is 20.8. The molecule has 0 amide bonds. The minimum atomic E-state index is -3.54. The SMILES string of the molecule is COC(=O)c1cn(C(=O)c2ccc(CN(c3cc(C)ccc3C)S(C)(=O)=O)cc2)c2ccccc12. The molecule has 0 saturated heterocycles. The van der Waals surface area contributed by atoms with Crippen molar-refractivity contribution < 1.29 is 22.7 Å². The van der Waals surface area contributed by atoms with Gasteiger partial charge in [-0.05, 0) is 54.8 Å². The molecule has 0 aliphatic heterocycles. The van der Waals surface area contributed by atoms with Gasteiger partial charge in [0.05, 0.1) is 36.7 Å². The number of sulfonamides is 1. The Morgan fingerprint density at radius 3 is 2.31 bits per heavy atom. The van der Waals surface area contributed by atoms with Gasteiger partial charge in [-0.2, -0.15) is 0 Å². The van der Waals surface area contributed by atoms with Crippen LogP contribution in [0.15, 0.2) is 72.9 Å². The average Bonchev–Trinajstić information content (AvgIpc) is 3.23. The molecule has 180 valence electrons. The molecule has 0 bridgehead atoms. The number of anilines is 1. The lowest BCUT2D eigenvalue weighted by Crippen LogP contribution is -2.30. The maximum Gasteiger partial charge on any atom is 0.340 e. The van der Waals surface area contributed by atoms with E-state index in [9.17, 15) is 18.0 Å². The summed E-state index contributed by atoms with van der Waals surface area (Å²) in [6, 6.07) is 19.6. The minimum absolute atomic E-state index is 0.135. The van der Waals surface area contributed by atoms with E-state index in [-0.39, 0.29) is 12.5 Å². The Labute approximate surface area is 204 Å². The molecule has 0 fully saturated rings. The smallest absolute Gasteiger partial charge is 0.340 e. The lowest BCUT2D eigenvalue weighted by atomic mass is 10.1. The Bertz CT molecular complexity index is 1540. The van der Waals surface area contributed by atoms with Crippen molar-refractivity contribution >= 4 is 38.5 Å². The molecule has 0 aliphatic carbocycles. The monoisotopic (exact) mass is 490 g/mol. The Hall–Kier alpha value is -3.91. The van der Waals surface area contributed by atoms with Gasteiger partial charge in [0.2, 0.25) is 10.0 Å². The second kappa shape index (κ2) is 9.38. The van der Waals surface area contributed by atoms with Crippen LogP contribution in [0.4, 0.5) is 5.69 Å². The summed E-state index contributed by atoms with van der Waals surface area (Å²) in [6.45, 7) is 3.93. The van der Waals surface area contributed by atoms with Crippen molar-refractivity contribution in [3.63, 3.8) is 0 Å². The highest BCUT2D eigenvalue weighted by atomic mass is 32.2. The van der Waals surface area contributed by atoms with Crippen molar-refractivity contribution in [1.29, 1.82) is 0 Å². The van der Waals surface area contributed by atoms with Crippen molar-refractivity contribution in [2.45, 2.75) is 20.4 Å². The van der Waals surface area contributed by atoms with E-state index in [2.05, 4.69) is 0 Å². The number of nitrogens with zero attached hydrogens (tertiary/aromatic N) is 2.